The van der Waals surface area contributed by atoms with Gasteiger partial charge in [0.15, 0.2) is 5.82 Å². The van der Waals surface area contributed by atoms with E-state index in [2.05, 4.69) is 28.3 Å². The standard InChI is InChI=1S/C11H19N3O2S/c1-4-5-6-7(2)13-10-8(11(15)16-3)9(12)14-17-10/h7,13H,4-6H2,1-3H3,(H2,12,14). The SMILES string of the molecule is CCCCC(C)Nc1snc(N)c1C(=O)OC. The fourth-order valence-electron chi connectivity index (χ4n) is 1.51. The number of ether oxygens (including phenoxy) is 1. The van der Waals surface area contributed by atoms with Gasteiger partial charge in [-0.3, -0.25) is 0 Å². The Morgan fingerprint density at radius 3 is 2.94 bits per heavy atom. The molecule has 1 aromatic heterocycles. The van der Waals surface area contributed by atoms with E-state index in [0.29, 0.717) is 16.6 Å². The second-order valence-electron chi connectivity index (χ2n) is 3.95. The summed E-state index contributed by atoms with van der Waals surface area (Å²) in [6, 6.07) is 0.290. The molecule has 0 spiro atoms. The van der Waals surface area contributed by atoms with Crippen LogP contribution < -0.4 is 11.1 Å². The van der Waals surface area contributed by atoms with Gasteiger partial charge in [-0.15, -0.1) is 0 Å². The summed E-state index contributed by atoms with van der Waals surface area (Å²) in [5, 5.41) is 3.95. The average molecular weight is 257 g/mol. The van der Waals surface area contributed by atoms with Crippen molar-refractivity contribution in [3.63, 3.8) is 0 Å². The van der Waals surface area contributed by atoms with E-state index >= 15 is 0 Å². The fourth-order valence-corrected chi connectivity index (χ4v) is 2.32. The summed E-state index contributed by atoms with van der Waals surface area (Å²) in [6.07, 6.45) is 3.35. The highest BCUT2D eigenvalue weighted by Gasteiger charge is 2.20. The van der Waals surface area contributed by atoms with Gasteiger partial charge in [0.25, 0.3) is 0 Å². The minimum absolute atomic E-state index is 0.229. The highest BCUT2D eigenvalue weighted by Crippen LogP contribution is 2.28. The zero-order valence-electron chi connectivity index (χ0n) is 10.4. The van der Waals surface area contributed by atoms with Crippen molar-refractivity contribution in [3.8, 4) is 0 Å². The Kier molecular flexibility index (Phi) is 5.21. The zero-order chi connectivity index (χ0) is 12.8. The second-order valence-corrected chi connectivity index (χ2v) is 4.72. The van der Waals surface area contributed by atoms with Crippen molar-refractivity contribution >= 4 is 28.3 Å². The number of aromatic nitrogens is 1. The number of rotatable bonds is 6. The summed E-state index contributed by atoms with van der Waals surface area (Å²) in [5.74, 6) is -0.214. The van der Waals surface area contributed by atoms with E-state index in [1.165, 1.54) is 18.6 Å². The van der Waals surface area contributed by atoms with E-state index in [-0.39, 0.29) is 5.82 Å². The van der Waals surface area contributed by atoms with Gasteiger partial charge in [0, 0.05) is 6.04 Å². The Hall–Kier alpha value is -1.30. The van der Waals surface area contributed by atoms with Crippen LogP contribution in [0.15, 0.2) is 0 Å². The van der Waals surface area contributed by atoms with Gasteiger partial charge in [0.05, 0.1) is 7.11 Å². The number of hydrogen-bond acceptors (Lipinski definition) is 6. The number of carbonyl (C=O) groups is 1. The number of esters is 1. The van der Waals surface area contributed by atoms with E-state index in [1.807, 2.05) is 0 Å². The summed E-state index contributed by atoms with van der Waals surface area (Å²) in [5.41, 5.74) is 6.00. The minimum atomic E-state index is -0.443. The van der Waals surface area contributed by atoms with Crippen molar-refractivity contribution in [1.82, 2.24) is 4.37 Å². The van der Waals surface area contributed by atoms with Gasteiger partial charge >= 0.3 is 5.97 Å². The lowest BCUT2D eigenvalue weighted by Crippen LogP contribution is -2.16. The largest absolute Gasteiger partial charge is 0.465 e. The predicted molar refractivity (Wildman–Crippen MR) is 70.5 cm³/mol. The van der Waals surface area contributed by atoms with Gasteiger partial charge in [-0.05, 0) is 24.9 Å². The normalized spacial score (nSPS) is 12.2. The van der Waals surface area contributed by atoms with Crippen molar-refractivity contribution in [1.29, 1.82) is 0 Å². The number of nitrogens with zero attached hydrogens (tertiary/aromatic N) is 1. The number of nitrogens with one attached hydrogen (secondary N) is 1. The van der Waals surface area contributed by atoms with Gasteiger partial charge in [-0.2, -0.15) is 4.37 Å². The molecule has 1 aromatic rings. The summed E-state index contributed by atoms with van der Waals surface area (Å²) in [6.45, 7) is 4.23. The quantitative estimate of drug-likeness (QED) is 0.766. The first-order valence-corrected chi connectivity index (χ1v) is 6.47. The molecule has 3 N–H and O–H groups in total. The third kappa shape index (κ3) is 3.59. The highest BCUT2D eigenvalue weighted by molar-refractivity contribution is 7.11. The molecular formula is C11H19N3O2S. The Labute approximate surface area is 106 Å². The second kappa shape index (κ2) is 6.44. The van der Waals surface area contributed by atoms with E-state index in [4.69, 9.17) is 5.73 Å². The summed E-state index contributed by atoms with van der Waals surface area (Å²) < 4.78 is 8.66. The van der Waals surface area contributed by atoms with E-state index in [0.717, 1.165) is 19.3 Å². The molecule has 0 saturated heterocycles. The van der Waals surface area contributed by atoms with Crippen LogP contribution in [0.5, 0.6) is 0 Å². The van der Waals surface area contributed by atoms with Gasteiger partial charge < -0.3 is 15.8 Å². The lowest BCUT2D eigenvalue weighted by molar-refractivity contribution is 0.0603. The first-order chi connectivity index (χ1) is 8.10. The van der Waals surface area contributed by atoms with Crippen molar-refractivity contribution in [3.05, 3.63) is 5.56 Å². The van der Waals surface area contributed by atoms with E-state index in [1.54, 1.807) is 0 Å². The number of carbonyl (C=O) groups excluding carboxylic acids is 1. The Morgan fingerprint density at radius 1 is 1.65 bits per heavy atom. The van der Waals surface area contributed by atoms with E-state index < -0.39 is 5.97 Å². The zero-order valence-corrected chi connectivity index (χ0v) is 11.3. The Balaban J connectivity index is 2.74. The molecule has 1 atom stereocenters. The molecule has 0 aliphatic carbocycles. The van der Waals surface area contributed by atoms with Crippen molar-refractivity contribution in [2.45, 2.75) is 39.2 Å². The van der Waals surface area contributed by atoms with Crippen LogP contribution in [-0.4, -0.2) is 23.5 Å². The molecule has 96 valence electrons. The van der Waals surface area contributed by atoms with Gasteiger partial charge in [-0.25, -0.2) is 4.79 Å². The van der Waals surface area contributed by atoms with Crippen LogP contribution in [0, 0.1) is 0 Å². The monoisotopic (exact) mass is 257 g/mol. The van der Waals surface area contributed by atoms with Crippen LogP contribution >= 0.6 is 11.5 Å². The molecule has 0 fully saturated rings. The Morgan fingerprint density at radius 2 is 2.35 bits per heavy atom. The molecule has 0 aliphatic rings. The van der Waals surface area contributed by atoms with Crippen LogP contribution in [0.25, 0.3) is 0 Å². The highest BCUT2D eigenvalue weighted by atomic mass is 32.1. The molecule has 5 nitrogen and oxygen atoms in total. The molecule has 1 unspecified atom stereocenters. The lowest BCUT2D eigenvalue weighted by atomic mass is 10.1. The van der Waals surface area contributed by atoms with Crippen LogP contribution in [0.2, 0.25) is 0 Å². The number of nitrogens with two attached hydrogens (primary N) is 1. The van der Waals surface area contributed by atoms with E-state index in [9.17, 15) is 4.79 Å². The maximum Gasteiger partial charge on any atom is 0.344 e. The van der Waals surface area contributed by atoms with Crippen molar-refractivity contribution in [2.24, 2.45) is 0 Å². The molecule has 0 bridgehead atoms. The molecule has 0 aromatic carbocycles. The summed E-state index contributed by atoms with van der Waals surface area (Å²) in [7, 11) is 1.34. The molecule has 1 rings (SSSR count). The number of hydrogen-bond donors (Lipinski definition) is 2. The van der Waals surface area contributed by atoms with Gasteiger partial charge in [-0.1, -0.05) is 19.8 Å². The fraction of sp³-hybridized carbons (Fsp3) is 0.636. The molecule has 1 heterocycles. The maximum absolute atomic E-state index is 11.5. The summed E-state index contributed by atoms with van der Waals surface area (Å²) >= 11 is 1.19. The molecule has 0 saturated carbocycles. The first-order valence-electron chi connectivity index (χ1n) is 5.70. The van der Waals surface area contributed by atoms with Crippen LogP contribution in [-0.2, 0) is 4.74 Å². The molecule has 0 aliphatic heterocycles. The maximum atomic E-state index is 11.5. The topological polar surface area (TPSA) is 77.2 Å². The number of methoxy groups -OCH3 is 1. The smallest absolute Gasteiger partial charge is 0.344 e. The van der Waals surface area contributed by atoms with Gasteiger partial charge in [0.2, 0.25) is 0 Å². The molecule has 6 heteroatoms. The number of unbranched alkanes of at least 4 members (excludes halogenated alkanes) is 1. The summed E-state index contributed by atoms with van der Waals surface area (Å²) in [4.78, 5) is 11.5. The molecule has 0 amide bonds. The van der Waals surface area contributed by atoms with Crippen molar-refractivity contribution in [2.75, 3.05) is 18.2 Å². The molecule has 0 radical (unpaired) electrons. The number of anilines is 2. The van der Waals surface area contributed by atoms with Crippen LogP contribution in [0.4, 0.5) is 10.8 Å². The third-order valence-electron chi connectivity index (χ3n) is 2.48. The lowest BCUT2D eigenvalue weighted by Gasteiger charge is -2.13. The number of nitrogen functional groups attached to an aromatic ring is 1. The van der Waals surface area contributed by atoms with Crippen LogP contribution in [0.1, 0.15) is 43.5 Å². The van der Waals surface area contributed by atoms with Crippen LogP contribution in [0.3, 0.4) is 0 Å². The van der Waals surface area contributed by atoms with Gasteiger partial charge in [0.1, 0.15) is 10.6 Å². The third-order valence-corrected chi connectivity index (χ3v) is 3.27. The molecular weight excluding hydrogens is 238 g/mol. The van der Waals surface area contributed by atoms with Crippen molar-refractivity contribution < 1.29 is 9.53 Å². The average Bonchev–Trinajstić information content (AvgIpc) is 2.67. The minimum Gasteiger partial charge on any atom is -0.465 e. The molecule has 17 heavy (non-hydrogen) atoms. The first kappa shape index (κ1) is 13.8. The predicted octanol–water partition coefficient (Wildman–Crippen LogP) is 2.50. The Bertz CT molecular complexity index is 379.